The quantitative estimate of drug-likeness (QED) is 0.310. The van der Waals surface area contributed by atoms with Gasteiger partial charge in [-0.05, 0) is 92.3 Å². The molecular weight excluding hydrogens is 480 g/mol. The van der Waals surface area contributed by atoms with Crippen LogP contribution in [0.4, 0.5) is 0 Å². The van der Waals surface area contributed by atoms with E-state index in [0.717, 1.165) is 32.1 Å². The number of aliphatic carboxylic acids is 1. The van der Waals surface area contributed by atoms with Crippen molar-refractivity contribution >= 4 is 11.9 Å². The van der Waals surface area contributed by atoms with Crippen molar-refractivity contribution in [3.05, 3.63) is 11.6 Å². The number of carbonyl (C=O) groups is 2. The lowest BCUT2D eigenvalue weighted by Crippen LogP contribution is -2.69. The van der Waals surface area contributed by atoms with Crippen molar-refractivity contribution in [3.63, 3.8) is 0 Å². The van der Waals surface area contributed by atoms with Gasteiger partial charge in [-0.25, -0.2) is 0 Å². The Labute approximate surface area is 228 Å². The molecule has 4 fully saturated rings. The molecule has 11 atom stereocenters. The van der Waals surface area contributed by atoms with Crippen LogP contribution in [0.5, 0.6) is 0 Å². The fourth-order valence-electron chi connectivity index (χ4n) is 11.4. The normalized spacial score (nSPS) is 53.4. The molecule has 0 aliphatic heterocycles. The van der Waals surface area contributed by atoms with Crippen LogP contribution in [0.25, 0.3) is 0 Å². The molecule has 38 heavy (non-hydrogen) atoms. The molecule has 6 nitrogen and oxygen atoms in total. The summed E-state index contributed by atoms with van der Waals surface area (Å²) < 4.78 is 5.72. The van der Waals surface area contributed by atoms with Gasteiger partial charge in [-0.15, -0.1) is 0 Å². The summed E-state index contributed by atoms with van der Waals surface area (Å²) >= 11 is 0. The number of aliphatic hydroxyl groups excluding tert-OH is 1. The molecule has 0 radical (unpaired) electrons. The fourth-order valence-corrected chi connectivity index (χ4v) is 11.4. The highest BCUT2D eigenvalue weighted by Crippen LogP contribution is 2.76. The largest absolute Gasteiger partial charge is 0.481 e. The predicted molar refractivity (Wildman–Crippen MR) is 145 cm³/mol. The Morgan fingerprint density at radius 1 is 0.974 bits per heavy atom. The minimum Gasteiger partial charge on any atom is -0.481 e. The van der Waals surface area contributed by atoms with Crippen molar-refractivity contribution in [1.82, 2.24) is 0 Å². The molecule has 0 aromatic heterocycles. The molecule has 0 aromatic rings. The van der Waals surface area contributed by atoms with E-state index in [1.807, 2.05) is 6.92 Å². The maximum Gasteiger partial charge on any atom is 0.310 e. The highest BCUT2D eigenvalue weighted by molar-refractivity contribution is 5.77. The summed E-state index contributed by atoms with van der Waals surface area (Å²) in [5, 5.41) is 33.9. The topological polar surface area (TPSA) is 104 Å². The number of aliphatic hydroxyl groups is 2. The first kappa shape index (κ1) is 28.1. The van der Waals surface area contributed by atoms with Gasteiger partial charge < -0.3 is 20.1 Å². The zero-order valence-corrected chi connectivity index (χ0v) is 24.8. The third-order valence-corrected chi connectivity index (χ3v) is 13.7. The summed E-state index contributed by atoms with van der Waals surface area (Å²) in [7, 11) is 0. The maximum absolute atomic E-state index is 12.9. The van der Waals surface area contributed by atoms with Crippen LogP contribution in [0.3, 0.4) is 0 Å². The Balaban J connectivity index is 1.61. The number of carboxylic acids is 1. The molecule has 5 aliphatic rings. The van der Waals surface area contributed by atoms with Gasteiger partial charge in [-0.3, -0.25) is 9.59 Å². The van der Waals surface area contributed by atoms with Gasteiger partial charge in [0.25, 0.3) is 0 Å². The average molecular weight is 531 g/mol. The Kier molecular flexibility index (Phi) is 6.16. The van der Waals surface area contributed by atoms with Gasteiger partial charge in [-0.2, -0.15) is 0 Å². The molecule has 4 saturated carbocycles. The van der Waals surface area contributed by atoms with Gasteiger partial charge in [0, 0.05) is 18.3 Å². The molecule has 5 rings (SSSR count). The number of fused-ring (bicyclic) bond motifs is 7. The van der Waals surface area contributed by atoms with Crippen LogP contribution in [-0.2, 0) is 14.3 Å². The van der Waals surface area contributed by atoms with E-state index >= 15 is 0 Å². The minimum atomic E-state index is -1.07. The Bertz CT molecular complexity index is 1060. The second-order valence-corrected chi connectivity index (χ2v) is 15.5. The smallest absolute Gasteiger partial charge is 0.310 e. The van der Waals surface area contributed by atoms with Crippen LogP contribution >= 0.6 is 0 Å². The Morgan fingerprint density at radius 2 is 1.63 bits per heavy atom. The fraction of sp³-hybridized carbons (Fsp3) is 0.875. The molecule has 0 saturated heterocycles. The number of hydrogen-bond donors (Lipinski definition) is 3. The third-order valence-electron chi connectivity index (χ3n) is 13.7. The van der Waals surface area contributed by atoms with Crippen molar-refractivity contribution in [2.75, 3.05) is 0 Å². The van der Waals surface area contributed by atoms with Crippen LogP contribution < -0.4 is 0 Å². The van der Waals surface area contributed by atoms with Gasteiger partial charge in [0.2, 0.25) is 0 Å². The number of rotatable bonds is 2. The lowest BCUT2D eigenvalue weighted by molar-refractivity contribution is -0.242. The molecular formula is C32H50O6. The standard InChI is InChI=1S/C32H50O6/c1-18-11-14-32(26(35)36)16-15-29(6)20(24(32)31(18,8)37)9-10-23-28(5)17-21(34)25(38-19(2)33)27(3,4)22(28)12-13-30(23,29)7/h9,18,21-25,34,37H,10-17H2,1-8H3,(H,35,36)/t18-,21-,22+,23-,24-,25+,28+,29-,30-,31-,32+/m1/s1. The first-order valence-electron chi connectivity index (χ1n) is 14.9. The molecule has 0 spiro atoms. The first-order valence-corrected chi connectivity index (χ1v) is 14.9. The molecule has 0 bridgehead atoms. The lowest BCUT2D eigenvalue weighted by Gasteiger charge is -2.72. The molecule has 0 aromatic carbocycles. The number of carbonyl (C=O) groups excluding carboxylic acids is 1. The van der Waals surface area contributed by atoms with E-state index in [9.17, 15) is 24.9 Å². The van der Waals surface area contributed by atoms with Gasteiger partial charge in [0.1, 0.15) is 6.10 Å². The summed E-state index contributed by atoms with van der Waals surface area (Å²) in [5.74, 6) is -0.859. The predicted octanol–water partition coefficient (Wildman–Crippen LogP) is 5.75. The SMILES string of the molecule is CC(=O)O[C@H]1[C@H](O)C[C@]2(C)[C@H]3CC=C4[C@H]5[C@](C(=O)O)(CC[C@@H](C)[C@@]5(C)O)CC[C@@]4(C)[C@]3(C)CC[C@H]2C1(C)C. The van der Waals surface area contributed by atoms with Gasteiger partial charge in [0.05, 0.1) is 17.1 Å². The van der Waals surface area contributed by atoms with E-state index in [1.54, 1.807) is 0 Å². The highest BCUT2D eigenvalue weighted by atomic mass is 16.6. The number of allylic oxidation sites excluding steroid dienone is 1. The summed E-state index contributed by atoms with van der Waals surface area (Å²) in [6.07, 6.45) is 7.24. The summed E-state index contributed by atoms with van der Waals surface area (Å²) in [4.78, 5) is 24.8. The van der Waals surface area contributed by atoms with E-state index < -0.39 is 29.2 Å². The maximum atomic E-state index is 12.9. The van der Waals surface area contributed by atoms with Crippen molar-refractivity contribution in [2.45, 2.75) is 125 Å². The van der Waals surface area contributed by atoms with Gasteiger partial charge in [0.15, 0.2) is 0 Å². The molecule has 6 heteroatoms. The molecule has 0 unspecified atom stereocenters. The van der Waals surface area contributed by atoms with Crippen molar-refractivity contribution in [1.29, 1.82) is 0 Å². The summed E-state index contributed by atoms with van der Waals surface area (Å²) in [5.41, 5.74) is -1.64. The van der Waals surface area contributed by atoms with Crippen LogP contribution in [-0.4, -0.2) is 45.1 Å². The zero-order chi connectivity index (χ0) is 28.3. The lowest BCUT2D eigenvalue weighted by atomic mass is 9.33. The highest BCUT2D eigenvalue weighted by Gasteiger charge is 2.72. The average Bonchev–Trinajstić information content (AvgIpc) is 2.79. The number of hydrogen-bond acceptors (Lipinski definition) is 5. The van der Waals surface area contributed by atoms with E-state index in [-0.39, 0.29) is 39.5 Å². The Morgan fingerprint density at radius 3 is 2.24 bits per heavy atom. The van der Waals surface area contributed by atoms with Gasteiger partial charge in [-0.1, -0.05) is 53.2 Å². The van der Waals surface area contributed by atoms with Crippen LogP contribution in [0.2, 0.25) is 0 Å². The third kappa shape index (κ3) is 3.31. The van der Waals surface area contributed by atoms with Crippen molar-refractivity contribution < 1.29 is 29.6 Å². The van der Waals surface area contributed by atoms with E-state index in [1.165, 1.54) is 12.5 Å². The van der Waals surface area contributed by atoms with Crippen LogP contribution in [0.15, 0.2) is 11.6 Å². The molecule has 0 heterocycles. The summed E-state index contributed by atoms with van der Waals surface area (Å²) in [6, 6.07) is 0. The van der Waals surface area contributed by atoms with Crippen molar-refractivity contribution in [3.8, 4) is 0 Å². The van der Waals surface area contributed by atoms with Crippen molar-refractivity contribution in [2.24, 2.45) is 50.7 Å². The summed E-state index contributed by atoms with van der Waals surface area (Å²) in [6.45, 7) is 16.8. The first-order chi connectivity index (χ1) is 17.4. The minimum absolute atomic E-state index is 0.0366. The van der Waals surface area contributed by atoms with Gasteiger partial charge >= 0.3 is 11.9 Å². The van der Waals surface area contributed by atoms with E-state index in [4.69, 9.17) is 4.74 Å². The number of esters is 1. The second-order valence-electron chi connectivity index (χ2n) is 15.5. The number of ether oxygens (including phenoxy) is 1. The van der Waals surface area contributed by atoms with Crippen LogP contribution in [0.1, 0.15) is 107 Å². The number of carboxylic acid groups (broad SMARTS) is 1. The second kappa shape index (κ2) is 8.31. The van der Waals surface area contributed by atoms with Crippen LogP contribution in [0, 0.1) is 50.7 Å². The molecule has 3 N–H and O–H groups in total. The molecule has 5 aliphatic carbocycles. The zero-order valence-electron chi connectivity index (χ0n) is 24.8. The van der Waals surface area contributed by atoms with E-state index in [2.05, 4.69) is 47.6 Å². The molecule has 214 valence electrons. The molecule has 0 amide bonds. The Hall–Kier alpha value is -1.40. The monoisotopic (exact) mass is 530 g/mol. The van der Waals surface area contributed by atoms with E-state index in [0.29, 0.717) is 31.1 Å².